The Labute approximate surface area is 223 Å². The second kappa shape index (κ2) is 10.9. The first-order chi connectivity index (χ1) is 18.4. The summed E-state index contributed by atoms with van der Waals surface area (Å²) >= 11 is 1.51. The molecule has 0 aliphatic rings. The van der Waals surface area contributed by atoms with Gasteiger partial charge >= 0.3 is 0 Å². The summed E-state index contributed by atoms with van der Waals surface area (Å²) in [4.78, 5) is 24.1. The molecule has 1 heterocycles. The molecule has 0 saturated heterocycles. The zero-order chi connectivity index (χ0) is 26.6. The number of thioether (sulfide) groups is 1. The van der Waals surface area contributed by atoms with Crippen LogP contribution in [-0.4, -0.2) is 25.6 Å². The molecule has 5 aromatic rings. The molecule has 1 atom stereocenters. The van der Waals surface area contributed by atoms with Crippen molar-refractivity contribution in [2.75, 3.05) is 0 Å². The van der Waals surface area contributed by atoms with E-state index in [-0.39, 0.29) is 11.6 Å². The second-order valence-corrected chi connectivity index (χ2v) is 9.89. The molecule has 5 rings (SSSR count). The van der Waals surface area contributed by atoms with Crippen molar-refractivity contribution >= 4 is 34.1 Å². The van der Waals surface area contributed by atoms with Crippen LogP contribution in [0, 0.1) is 17.0 Å². The van der Waals surface area contributed by atoms with E-state index < -0.39 is 11.0 Å². The highest BCUT2D eigenvalue weighted by Crippen LogP contribution is 2.29. The number of aromatic nitrogens is 3. The number of hydrogen-bond donors (Lipinski definition) is 1. The number of hydrogen-bond acceptors (Lipinski definition) is 6. The van der Waals surface area contributed by atoms with Gasteiger partial charge in [-0.2, -0.15) is 0 Å². The van der Waals surface area contributed by atoms with E-state index in [1.165, 1.54) is 29.5 Å². The Kier molecular flexibility index (Phi) is 7.19. The lowest BCUT2D eigenvalue weighted by Gasteiger charge is -2.17. The lowest BCUT2D eigenvalue weighted by atomic mass is 10.0. The van der Waals surface area contributed by atoms with Crippen molar-refractivity contribution in [1.29, 1.82) is 0 Å². The van der Waals surface area contributed by atoms with E-state index >= 15 is 0 Å². The van der Waals surface area contributed by atoms with Crippen LogP contribution in [-0.2, 0) is 5.75 Å². The van der Waals surface area contributed by atoms with Gasteiger partial charge in [0, 0.05) is 29.1 Å². The molecule has 0 radical (unpaired) electrons. The third-order valence-corrected chi connectivity index (χ3v) is 7.20. The molecule has 1 amide bonds. The molecule has 9 heteroatoms. The fourth-order valence-corrected chi connectivity index (χ4v) is 5.24. The van der Waals surface area contributed by atoms with Gasteiger partial charge in [0.05, 0.1) is 11.0 Å². The molecule has 0 aliphatic heterocycles. The standard InChI is InChI=1S/C29H25N5O3S/c1-19-7-5-8-21(17-19)18-38-29-32-31-27(33(29)23-13-15-24(16-14-23)34(36)37)20(2)30-28(35)26-12-6-10-22-9-3-4-11-25(22)26/h3-17,20H,18H2,1-2H3,(H,30,35). The van der Waals surface area contributed by atoms with Crippen molar-refractivity contribution in [3.63, 3.8) is 0 Å². The van der Waals surface area contributed by atoms with Crippen molar-refractivity contribution in [2.45, 2.75) is 30.8 Å². The van der Waals surface area contributed by atoms with Gasteiger partial charge in [-0.15, -0.1) is 10.2 Å². The molecule has 190 valence electrons. The number of benzene rings is 4. The van der Waals surface area contributed by atoms with Crippen molar-refractivity contribution in [1.82, 2.24) is 20.1 Å². The number of nitro benzene ring substituents is 1. The first-order valence-corrected chi connectivity index (χ1v) is 13.1. The van der Waals surface area contributed by atoms with E-state index in [4.69, 9.17) is 0 Å². The fourth-order valence-electron chi connectivity index (χ4n) is 4.33. The average molecular weight is 524 g/mol. The molecule has 0 fully saturated rings. The molecule has 38 heavy (non-hydrogen) atoms. The SMILES string of the molecule is Cc1cccc(CSc2nnc(C(C)NC(=O)c3cccc4ccccc34)n2-c2ccc([N+](=O)[O-])cc2)c1. The van der Waals surface area contributed by atoms with Crippen LogP contribution in [0.3, 0.4) is 0 Å². The van der Waals surface area contributed by atoms with Crippen LogP contribution in [0.1, 0.15) is 40.3 Å². The van der Waals surface area contributed by atoms with Gasteiger partial charge in [-0.05, 0) is 48.4 Å². The van der Waals surface area contributed by atoms with Gasteiger partial charge in [0.2, 0.25) is 0 Å². The number of fused-ring (bicyclic) bond motifs is 1. The number of carbonyl (C=O) groups is 1. The Balaban J connectivity index is 1.47. The highest BCUT2D eigenvalue weighted by molar-refractivity contribution is 7.98. The highest BCUT2D eigenvalue weighted by atomic mass is 32.2. The van der Waals surface area contributed by atoms with Gasteiger partial charge in [-0.25, -0.2) is 0 Å². The van der Waals surface area contributed by atoms with E-state index in [0.717, 1.165) is 16.3 Å². The summed E-state index contributed by atoms with van der Waals surface area (Å²) in [5.74, 6) is 0.976. The summed E-state index contributed by atoms with van der Waals surface area (Å²) in [6.07, 6.45) is 0. The minimum atomic E-state index is -0.488. The van der Waals surface area contributed by atoms with Gasteiger partial charge in [0.1, 0.15) is 0 Å². The van der Waals surface area contributed by atoms with E-state index in [1.807, 2.05) is 66.9 Å². The van der Waals surface area contributed by atoms with Crippen LogP contribution in [0.5, 0.6) is 0 Å². The number of carbonyl (C=O) groups excluding carboxylic acids is 1. The molecule has 4 aromatic carbocycles. The average Bonchev–Trinajstić information content (AvgIpc) is 3.36. The molecule has 8 nitrogen and oxygen atoms in total. The van der Waals surface area contributed by atoms with E-state index in [2.05, 4.69) is 27.6 Å². The molecule has 0 aliphatic carbocycles. The van der Waals surface area contributed by atoms with E-state index in [1.54, 1.807) is 18.2 Å². The molecular formula is C29H25N5O3S. The molecule has 0 saturated carbocycles. The minimum absolute atomic E-state index is 0.00496. The summed E-state index contributed by atoms with van der Waals surface area (Å²) in [6, 6.07) is 27.4. The third-order valence-electron chi connectivity index (χ3n) is 6.20. The van der Waals surface area contributed by atoms with E-state index in [9.17, 15) is 14.9 Å². The maximum absolute atomic E-state index is 13.3. The van der Waals surface area contributed by atoms with Crippen LogP contribution >= 0.6 is 11.8 Å². The topological polar surface area (TPSA) is 103 Å². The Morgan fingerprint density at radius 3 is 2.50 bits per heavy atom. The summed E-state index contributed by atoms with van der Waals surface area (Å²) in [6.45, 7) is 3.90. The third kappa shape index (κ3) is 5.28. The number of non-ortho nitro benzene ring substituents is 1. The van der Waals surface area contributed by atoms with Gasteiger partial charge in [0.25, 0.3) is 11.6 Å². The molecule has 1 unspecified atom stereocenters. The second-order valence-electron chi connectivity index (χ2n) is 8.95. The maximum atomic E-state index is 13.3. The zero-order valence-corrected chi connectivity index (χ0v) is 21.7. The molecule has 1 aromatic heterocycles. The predicted molar refractivity (Wildman–Crippen MR) is 149 cm³/mol. The Morgan fingerprint density at radius 1 is 1.00 bits per heavy atom. The summed E-state index contributed by atoms with van der Waals surface area (Å²) < 4.78 is 1.85. The monoisotopic (exact) mass is 523 g/mol. The van der Waals surface area contributed by atoms with Crippen molar-refractivity contribution < 1.29 is 9.72 Å². The summed E-state index contributed by atoms with van der Waals surface area (Å²) in [7, 11) is 0. The number of rotatable bonds is 8. The Morgan fingerprint density at radius 2 is 1.74 bits per heavy atom. The maximum Gasteiger partial charge on any atom is 0.269 e. The first kappa shape index (κ1) is 25.2. The molecule has 0 bridgehead atoms. The molecule has 1 N–H and O–H groups in total. The zero-order valence-electron chi connectivity index (χ0n) is 20.9. The van der Waals surface area contributed by atoms with Crippen LogP contribution in [0.4, 0.5) is 5.69 Å². The first-order valence-electron chi connectivity index (χ1n) is 12.1. The van der Waals surface area contributed by atoms with Gasteiger partial charge in [-0.3, -0.25) is 19.5 Å². The quantitative estimate of drug-likeness (QED) is 0.143. The van der Waals surface area contributed by atoms with Crippen LogP contribution in [0.15, 0.2) is 96.2 Å². The number of nitrogens with zero attached hydrogens (tertiary/aromatic N) is 4. The Hall–Kier alpha value is -4.50. The largest absolute Gasteiger partial charge is 0.342 e. The minimum Gasteiger partial charge on any atom is -0.342 e. The molecule has 0 spiro atoms. The number of nitro groups is 1. The van der Waals surface area contributed by atoms with Gasteiger partial charge in [0.15, 0.2) is 11.0 Å². The van der Waals surface area contributed by atoms with Gasteiger partial charge in [-0.1, -0.05) is 78.0 Å². The van der Waals surface area contributed by atoms with Crippen LogP contribution in [0.25, 0.3) is 16.5 Å². The number of aryl methyl sites for hydroxylation is 1. The lowest BCUT2D eigenvalue weighted by Crippen LogP contribution is -2.28. The normalized spacial score (nSPS) is 11.8. The summed E-state index contributed by atoms with van der Waals surface area (Å²) in [5.41, 5.74) is 3.56. The van der Waals surface area contributed by atoms with Crippen molar-refractivity contribution in [3.8, 4) is 5.69 Å². The van der Waals surface area contributed by atoms with E-state index in [0.29, 0.717) is 28.0 Å². The lowest BCUT2D eigenvalue weighted by molar-refractivity contribution is -0.384. The number of nitrogens with one attached hydrogen (secondary N) is 1. The van der Waals surface area contributed by atoms with Crippen molar-refractivity contribution in [3.05, 3.63) is 124 Å². The van der Waals surface area contributed by atoms with Crippen molar-refractivity contribution in [2.24, 2.45) is 0 Å². The van der Waals surface area contributed by atoms with Crippen LogP contribution in [0.2, 0.25) is 0 Å². The van der Waals surface area contributed by atoms with Crippen LogP contribution < -0.4 is 5.32 Å². The number of amides is 1. The molecular weight excluding hydrogens is 498 g/mol. The predicted octanol–water partition coefficient (Wildman–Crippen LogP) is 6.42. The Bertz CT molecular complexity index is 1630. The smallest absolute Gasteiger partial charge is 0.269 e. The summed E-state index contributed by atoms with van der Waals surface area (Å²) in [5, 5.41) is 25.6. The fraction of sp³-hybridized carbons (Fsp3) is 0.138. The van der Waals surface area contributed by atoms with Gasteiger partial charge < -0.3 is 5.32 Å². The highest BCUT2D eigenvalue weighted by Gasteiger charge is 2.23.